The minimum absolute atomic E-state index is 0.154. The fourth-order valence-electron chi connectivity index (χ4n) is 4.39. The van der Waals surface area contributed by atoms with Gasteiger partial charge in [-0.05, 0) is 55.0 Å². The van der Waals surface area contributed by atoms with Gasteiger partial charge in [0, 0.05) is 23.5 Å². The van der Waals surface area contributed by atoms with Crippen LogP contribution in [0.3, 0.4) is 0 Å². The van der Waals surface area contributed by atoms with Crippen molar-refractivity contribution in [1.82, 2.24) is 0 Å². The summed E-state index contributed by atoms with van der Waals surface area (Å²) in [6.45, 7) is 3.27. The predicted octanol–water partition coefficient (Wildman–Crippen LogP) is 9.32. The van der Waals surface area contributed by atoms with E-state index in [4.69, 9.17) is 0 Å². The molecule has 0 aliphatic rings. The lowest BCUT2D eigenvalue weighted by Crippen LogP contribution is -2.11. The number of carbonyl (C=O) groups is 1. The average molecular weight is 481 g/mol. The summed E-state index contributed by atoms with van der Waals surface area (Å²) in [5.74, 6) is -0.0276. The number of hydrogen-bond acceptors (Lipinski definition) is 3. The average Bonchev–Trinajstić information content (AvgIpc) is 2.87. The first-order valence-corrected chi connectivity index (χ1v) is 14.1. The van der Waals surface area contributed by atoms with Crippen molar-refractivity contribution in [2.45, 2.75) is 110 Å². The lowest BCUT2D eigenvalue weighted by Gasteiger charge is -2.09. The quantitative estimate of drug-likeness (QED) is 0.165. The molecule has 0 aromatic heterocycles. The lowest BCUT2D eigenvalue weighted by atomic mass is 10.0. The van der Waals surface area contributed by atoms with Gasteiger partial charge in [0.15, 0.2) is 0 Å². The second-order valence-corrected chi connectivity index (χ2v) is 9.81. The van der Waals surface area contributed by atoms with Gasteiger partial charge in [-0.25, -0.2) is 0 Å². The molecule has 2 rings (SSSR count). The van der Waals surface area contributed by atoms with E-state index in [1.165, 1.54) is 115 Å². The number of amides is 1. The van der Waals surface area contributed by atoms with Crippen molar-refractivity contribution in [2.75, 3.05) is 17.2 Å². The molecule has 194 valence electrons. The fraction of sp³-hybridized carbons (Fsp3) is 0.581. The van der Waals surface area contributed by atoms with E-state index in [1.54, 1.807) is 12.1 Å². The number of phenolic OH excluding ortho intramolecular Hbond substituents is 1. The molecule has 0 unspecified atom stereocenters. The van der Waals surface area contributed by atoms with Crippen molar-refractivity contribution in [2.24, 2.45) is 0 Å². The Hall–Kier alpha value is -2.49. The number of hydrogen-bond donors (Lipinski definition) is 3. The van der Waals surface area contributed by atoms with Crippen molar-refractivity contribution in [3.8, 4) is 5.75 Å². The first kappa shape index (κ1) is 28.7. The summed E-state index contributed by atoms with van der Waals surface area (Å²) in [6, 6.07) is 14.1. The van der Waals surface area contributed by atoms with Crippen LogP contribution in [0.1, 0.15) is 120 Å². The SMILES string of the molecule is CCCCCCCCCCCCCCCCCCNc1ccc(NC(=O)c2ccc(O)cc2)cc1. The van der Waals surface area contributed by atoms with Crippen LogP contribution in [0, 0.1) is 0 Å². The molecule has 0 fully saturated rings. The zero-order valence-corrected chi connectivity index (χ0v) is 22.0. The third kappa shape index (κ3) is 13.9. The fourth-order valence-corrected chi connectivity index (χ4v) is 4.39. The van der Waals surface area contributed by atoms with Crippen LogP contribution >= 0.6 is 0 Å². The molecule has 0 aliphatic carbocycles. The third-order valence-corrected chi connectivity index (χ3v) is 6.63. The largest absolute Gasteiger partial charge is 0.508 e. The standard InChI is InChI=1S/C31H48N2O2/c1-2-3-4-5-6-7-8-9-10-11-12-13-14-15-16-17-26-32-28-20-22-29(23-21-28)33-31(35)27-18-24-30(34)25-19-27/h18-25,32,34H,2-17,26H2,1H3,(H,33,35). The van der Waals surface area contributed by atoms with E-state index in [0.717, 1.165) is 17.9 Å². The second kappa shape index (κ2) is 18.8. The van der Waals surface area contributed by atoms with Crippen molar-refractivity contribution < 1.29 is 9.90 Å². The van der Waals surface area contributed by atoms with E-state index in [0.29, 0.717) is 5.56 Å². The van der Waals surface area contributed by atoms with Crippen LogP contribution < -0.4 is 10.6 Å². The Balaban J connectivity index is 1.40. The van der Waals surface area contributed by atoms with Crippen LogP contribution in [0.2, 0.25) is 0 Å². The van der Waals surface area contributed by atoms with Crippen LogP contribution in [0.15, 0.2) is 48.5 Å². The molecule has 2 aromatic carbocycles. The third-order valence-electron chi connectivity index (χ3n) is 6.63. The van der Waals surface area contributed by atoms with Crippen LogP contribution in [-0.4, -0.2) is 17.6 Å². The van der Waals surface area contributed by atoms with E-state index in [2.05, 4.69) is 17.6 Å². The zero-order valence-electron chi connectivity index (χ0n) is 22.0. The Morgan fingerprint density at radius 3 is 1.51 bits per heavy atom. The highest BCUT2D eigenvalue weighted by Gasteiger charge is 2.06. The lowest BCUT2D eigenvalue weighted by molar-refractivity contribution is 0.102. The maximum absolute atomic E-state index is 12.2. The summed E-state index contributed by atoms with van der Waals surface area (Å²) >= 11 is 0. The molecule has 0 spiro atoms. The summed E-state index contributed by atoms with van der Waals surface area (Å²) in [5.41, 5.74) is 2.36. The van der Waals surface area contributed by atoms with Crippen molar-refractivity contribution in [3.05, 3.63) is 54.1 Å². The van der Waals surface area contributed by atoms with Gasteiger partial charge in [0.25, 0.3) is 5.91 Å². The molecule has 35 heavy (non-hydrogen) atoms. The van der Waals surface area contributed by atoms with Gasteiger partial charge in [-0.1, -0.05) is 103 Å². The number of nitrogens with one attached hydrogen (secondary N) is 2. The second-order valence-electron chi connectivity index (χ2n) is 9.81. The molecule has 3 N–H and O–H groups in total. The van der Waals surface area contributed by atoms with Crippen molar-refractivity contribution >= 4 is 17.3 Å². The molecular formula is C31H48N2O2. The van der Waals surface area contributed by atoms with E-state index in [1.807, 2.05) is 24.3 Å². The number of unbranched alkanes of at least 4 members (excludes halogenated alkanes) is 15. The Morgan fingerprint density at radius 1 is 0.600 bits per heavy atom. The van der Waals surface area contributed by atoms with Gasteiger partial charge >= 0.3 is 0 Å². The summed E-state index contributed by atoms with van der Waals surface area (Å²) in [6.07, 6.45) is 22.2. The highest BCUT2D eigenvalue weighted by atomic mass is 16.3. The minimum Gasteiger partial charge on any atom is -0.508 e. The summed E-state index contributed by atoms with van der Waals surface area (Å²) < 4.78 is 0. The molecular weight excluding hydrogens is 432 g/mol. The van der Waals surface area contributed by atoms with Gasteiger partial charge < -0.3 is 15.7 Å². The number of phenols is 1. The van der Waals surface area contributed by atoms with E-state index >= 15 is 0 Å². The molecule has 0 atom stereocenters. The first-order chi connectivity index (χ1) is 17.2. The highest BCUT2D eigenvalue weighted by molar-refractivity contribution is 6.04. The summed E-state index contributed by atoms with van der Waals surface area (Å²) in [5, 5.41) is 15.7. The van der Waals surface area contributed by atoms with Crippen LogP contribution in [-0.2, 0) is 0 Å². The van der Waals surface area contributed by atoms with Crippen LogP contribution in [0.4, 0.5) is 11.4 Å². The van der Waals surface area contributed by atoms with Gasteiger partial charge in [-0.3, -0.25) is 4.79 Å². The molecule has 0 bridgehead atoms. The molecule has 0 radical (unpaired) electrons. The van der Waals surface area contributed by atoms with Crippen molar-refractivity contribution in [3.63, 3.8) is 0 Å². The Kier molecular flexibility index (Phi) is 15.4. The van der Waals surface area contributed by atoms with Gasteiger partial charge in [0.2, 0.25) is 0 Å². The number of rotatable bonds is 20. The molecule has 2 aromatic rings. The van der Waals surface area contributed by atoms with Crippen LogP contribution in [0.25, 0.3) is 0 Å². The monoisotopic (exact) mass is 480 g/mol. The Morgan fingerprint density at radius 2 is 1.03 bits per heavy atom. The summed E-state index contributed by atoms with van der Waals surface area (Å²) in [4.78, 5) is 12.2. The maximum atomic E-state index is 12.2. The van der Waals surface area contributed by atoms with Crippen LogP contribution in [0.5, 0.6) is 5.75 Å². The number of benzene rings is 2. The molecule has 0 saturated carbocycles. The van der Waals surface area contributed by atoms with E-state index < -0.39 is 0 Å². The van der Waals surface area contributed by atoms with Gasteiger partial charge in [-0.15, -0.1) is 0 Å². The van der Waals surface area contributed by atoms with E-state index in [-0.39, 0.29) is 11.7 Å². The maximum Gasteiger partial charge on any atom is 0.255 e. The highest BCUT2D eigenvalue weighted by Crippen LogP contribution is 2.17. The summed E-state index contributed by atoms with van der Waals surface area (Å²) in [7, 11) is 0. The smallest absolute Gasteiger partial charge is 0.255 e. The Labute approximate surface area is 213 Å². The van der Waals surface area contributed by atoms with Gasteiger partial charge in [0.1, 0.15) is 5.75 Å². The predicted molar refractivity (Wildman–Crippen MR) is 151 cm³/mol. The first-order valence-electron chi connectivity index (χ1n) is 14.1. The molecule has 0 heterocycles. The minimum atomic E-state index is -0.182. The normalized spacial score (nSPS) is 10.9. The number of carbonyl (C=O) groups excluding carboxylic acids is 1. The van der Waals surface area contributed by atoms with Gasteiger partial charge in [-0.2, -0.15) is 0 Å². The van der Waals surface area contributed by atoms with E-state index in [9.17, 15) is 9.90 Å². The molecule has 0 aliphatic heterocycles. The molecule has 0 saturated heterocycles. The number of anilines is 2. The molecule has 1 amide bonds. The van der Waals surface area contributed by atoms with Crippen molar-refractivity contribution in [1.29, 1.82) is 0 Å². The molecule has 4 heteroatoms. The topological polar surface area (TPSA) is 61.4 Å². The molecule has 4 nitrogen and oxygen atoms in total. The Bertz CT molecular complexity index is 787. The number of aromatic hydroxyl groups is 1. The zero-order chi connectivity index (χ0) is 25.0. The van der Waals surface area contributed by atoms with Gasteiger partial charge in [0.05, 0.1) is 0 Å².